The summed E-state index contributed by atoms with van der Waals surface area (Å²) < 4.78 is 13.2. The predicted octanol–water partition coefficient (Wildman–Crippen LogP) is 5.16. The zero-order valence-electron chi connectivity index (χ0n) is 29.3. The van der Waals surface area contributed by atoms with Crippen LogP contribution < -0.4 is 16.3 Å². The molecule has 0 saturated carbocycles. The molecule has 0 bridgehead atoms. The molecule has 1 aromatic carbocycles. The van der Waals surface area contributed by atoms with Gasteiger partial charge in [-0.2, -0.15) is 4.98 Å². The number of nitrogens with zero attached hydrogens (tertiary/aromatic N) is 4. The van der Waals surface area contributed by atoms with Gasteiger partial charge < -0.3 is 24.3 Å². The summed E-state index contributed by atoms with van der Waals surface area (Å²) in [6.45, 7) is 22.9. The molecule has 254 valence electrons. The highest BCUT2D eigenvalue weighted by atomic mass is 28.4. The minimum absolute atomic E-state index is 0.0792. The lowest BCUT2D eigenvalue weighted by Crippen LogP contribution is -2.60. The summed E-state index contributed by atoms with van der Waals surface area (Å²) in [5.74, 6) is -0.133. The second-order valence-electron chi connectivity index (χ2n) is 15.0. The molecule has 1 aliphatic rings. The summed E-state index contributed by atoms with van der Waals surface area (Å²) >= 11 is 0. The number of urea groups is 1. The molecule has 1 atom stereocenters. The molecule has 12 nitrogen and oxygen atoms in total. The Labute approximate surface area is 274 Å². The minimum Gasteiger partial charge on any atom is -0.444 e. The molecule has 1 aliphatic heterocycles. The molecule has 46 heavy (non-hydrogen) atoms. The highest BCUT2D eigenvalue weighted by molar-refractivity contribution is 6.74. The van der Waals surface area contributed by atoms with Crippen molar-refractivity contribution < 1.29 is 23.5 Å². The smallest absolute Gasteiger partial charge is 0.408 e. The highest BCUT2D eigenvalue weighted by Gasteiger charge is 2.39. The van der Waals surface area contributed by atoms with Crippen LogP contribution in [0.2, 0.25) is 18.1 Å². The van der Waals surface area contributed by atoms with Crippen LogP contribution in [0.3, 0.4) is 0 Å². The first-order valence-electron chi connectivity index (χ1n) is 15.8. The Hall–Kier alpha value is -3.71. The monoisotopic (exact) mass is 656 g/mol. The summed E-state index contributed by atoms with van der Waals surface area (Å²) in [6, 6.07) is 8.89. The molecule has 0 radical (unpaired) electrons. The third-order valence-electron chi connectivity index (χ3n) is 8.28. The van der Waals surface area contributed by atoms with E-state index in [1.165, 1.54) is 4.57 Å². The number of hydrogen-bond acceptors (Lipinski definition) is 7. The SMILES string of the molecule is CC(Cc1ccc(-n2ccc(NC(=O)N3CCN(C(=O)C(C)(C)NC(=O)OC(C)(C)C)CC3)nc2=O)cc1)O[Si](C)(C)C(C)(C)C. The molecule has 4 amide bonds. The van der Waals surface area contributed by atoms with Crippen molar-refractivity contribution in [3.05, 3.63) is 52.6 Å². The Morgan fingerprint density at radius 2 is 1.48 bits per heavy atom. The van der Waals surface area contributed by atoms with Gasteiger partial charge in [-0.25, -0.2) is 14.4 Å². The van der Waals surface area contributed by atoms with Crippen molar-refractivity contribution in [1.29, 1.82) is 0 Å². The molecule has 2 heterocycles. The van der Waals surface area contributed by atoms with E-state index in [0.717, 1.165) is 12.0 Å². The van der Waals surface area contributed by atoms with Gasteiger partial charge in [-0.3, -0.25) is 14.7 Å². The van der Waals surface area contributed by atoms with E-state index in [9.17, 15) is 19.2 Å². The quantitative estimate of drug-likeness (QED) is 0.375. The summed E-state index contributed by atoms with van der Waals surface area (Å²) in [5, 5.41) is 5.46. The number of anilines is 1. The number of ether oxygens (including phenoxy) is 1. The maximum absolute atomic E-state index is 13.1. The molecule has 3 rings (SSSR count). The third kappa shape index (κ3) is 9.89. The molecule has 2 N–H and O–H groups in total. The highest BCUT2D eigenvalue weighted by Crippen LogP contribution is 2.37. The Bertz CT molecular complexity index is 1450. The molecule has 1 saturated heterocycles. The van der Waals surface area contributed by atoms with Crippen molar-refractivity contribution in [3.63, 3.8) is 0 Å². The summed E-state index contributed by atoms with van der Waals surface area (Å²) in [6.07, 6.45) is 1.76. The lowest BCUT2D eigenvalue weighted by atomic mass is 10.0. The van der Waals surface area contributed by atoms with Gasteiger partial charge in [0.2, 0.25) is 5.91 Å². The van der Waals surface area contributed by atoms with Gasteiger partial charge in [-0.05, 0) is 89.9 Å². The summed E-state index contributed by atoms with van der Waals surface area (Å²) in [5.41, 5.74) is -0.603. The number of hydrogen-bond donors (Lipinski definition) is 2. The van der Waals surface area contributed by atoms with E-state index in [0.29, 0.717) is 5.69 Å². The topological polar surface area (TPSA) is 135 Å². The van der Waals surface area contributed by atoms with Gasteiger partial charge in [-0.15, -0.1) is 0 Å². The fourth-order valence-electron chi connectivity index (χ4n) is 4.82. The second kappa shape index (κ2) is 14.0. The fraction of sp³-hybridized carbons (Fsp3) is 0.606. The number of benzene rings is 1. The van der Waals surface area contributed by atoms with Crippen molar-refractivity contribution >= 4 is 32.2 Å². The Morgan fingerprint density at radius 3 is 2.00 bits per heavy atom. The number of amides is 4. The Balaban J connectivity index is 1.54. The van der Waals surface area contributed by atoms with E-state index in [-0.39, 0.29) is 49.0 Å². The van der Waals surface area contributed by atoms with Crippen molar-refractivity contribution in [2.75, 3.05) is 31.5 Å². The van der Waals surface area contributed by atoms with Crippen LogP contribution in [0, 0.1) is 0 Å². The number of carbonyl (C=O) groups is 3. The average molecular weight is 657 g/mol. The fourth-order valence-corrected chi connectivity index (χ4v) is 6.27. The average Bonchev–Trinajstić information content (AvgIpc) is 2.91. The maximum atomic E-state index is 13.1. The van der Waals surface area contributed by atoms with Crippen LogP contribution in [0.1, 0.15) is 67.9 Å². The molecule has 2 aromatic rings. The summed E-state index contributed by atoms with van der Waals surface area (Å²) in [7, 11) is -1.87. The van der Waals surface area contributed by atoms with Gasteiger partial charge in [-0.1, -0.05) is 32.9 Å². The van der Waals surface area contributed by atoms with Gasteiger partial charge in [0.25, 0.3) is 0 Å². The first-order valence-corrected chi connectivity index (χ1v) is 18.7. The van der Waals surface area contributed by atoms with Crippen molar-refractivity contribution in [2.45, 2.75) is 104 Å². The third-order valence-corrected chi connectivity index (χ3v) is 12.9. The molecule has 1 unspecified atom stereocenters. The standard InChI is InChI=1S/C33H52N6O6Si/c1-23(45-46(10,11)32(5,6)7)22-24-12-14-25(15-13-24)39-17-16-26(35-29(39)42)34-28(41)38-20-18-37(19-21-38)27(40)33(8,9)36-30(43)44-31(2,3)4/h12-17,23H,18-22H2,1-11H3,(H,36,43)(H,34,35,41,42). The van der Waals surface area contributed by atoms with Crippen LogP contribution in [-0.2, 0) is 20.4 Å². The van der Waals surface area contributed by atoms with E-state index < -0.39 is 37.3 Å². The minimum atomic E-state index is -1.87. The number of piperazine rings is 1. The molecular formula is C33H52N6O6Si. The van der Waals surface area contributed by atoms with Gasteiger partial charge >= 0.3 is 17.8 Å². The van der Waals surface area contributed by atoms with E-state index >= 15 is 0 Å². The first kappa shape index (κ1) is 36.8. The molecule has 1 aromatic heterocycles. The van der Waals surface area contributed by atoms with Crippen molar-refractivity contribution in [2.24, 2.45) is 0 Å². The van der Waals surface area contributed by atoms with E-state index in [4.69, 9.17) is 9.16 Å². The zero-order valence-corrected chi connectivity index (χ0v) is 30.3. The molecular weight excluding hydrogens is 604 g/mol. The van der Waals surface area contributed by atoms with Crippen LogP contribution in [0.4, 0.5) is 15.4 Å². The number of nitrogens with one attached hydrogen (secondary N) is 2. The van der Waals surface area contributed by atoms with Gasteiger partial charge in [0.05, 0.1) is 5.69 Å². The van der Waals surface area contributed by atoms with Gasteiger partial charge in [0, 0.05) is 38.5 Å². The zero-order chi connectivity index (χ0) is 34.7. The number of alkyl carbamates (subject to hydrolysis) is 1. The Kier molecular flexibility index (Phi) is 11.2. The van der Waals surface area contributed by atoms with Crippen LogP contribution >= 0.6 is 0 Å². The second-order valence-corrected chi connectivity index (χ2v) is 19.7. The van der Waals surface area contributed by atoms with Gasteiger partial charge in [0.1, 0.15) is 17.0 Å². The molecule has 0 spiro atoms. The van der Waals surface area contributed by atoms with Gasteiger partial charge in [0.15, 0.2) is 8.32 Å². The number of aromatic nitrogens is 2. The normalized spacial score (nSPS) is 15.3. The summed E-state index contributed by atoms with van der Waals surface area (Å²) in [4.78, 5) is 58.3. The Morgan fingerprint density at radius 1 is 0.913 bits per heavy atom. The largest absolute Gasteiger partial charge is 0.444 e. The molecule has 13 heteroatoms. The maximum Gasteiger partial charge on any atom is 0.408 e. The van der Waals surface area contributed by atoms with Crippen LogP contribution in [0.15, 0.2) is 41.3 Å². The molecule has 0 aliphatic carbocycles. The predicted molar refractivity (Wildman–Crippen MR) is 182 cm³/mol. The first-order chi connectivity index (χ1) is 21.1. The number of carbonyl (C=O) groups excluding carboxylic acids is 3. The van der Waals surface area contributed by atoms with Crippen LogP contribution in [0.5, 0.6) is 0 Å². The van der Waals surface area contributed by atoms with Crippen molar-refractivity contribution in [1.82, 2.24) is 24.7 Å². The van der Waals surface area contributed by atoms with E-state index in [2.05, 4.69) is 56.4 Å². The van der Waals surface area contributed by atoms with E-state index in [1.807, 2.05) is 24.3 Å². The lowest BCUT2D eigenvalue weighted by molar-refractivity contribution is -0.138. The lowest BCUT2D eigenvalue weighted by Gasteiger charge is -2.38. The van der Waals surface area contributed by atoms with Crippen LogP contribution in [-0.4, -0.2) is 89.1 Å². The van der Waals surface area contributed by atoms with Crippen molar-refractivity contribution in [3.8, 4) is 5.69 Å². The number of rotatable bonds is 8. The molecule has 1 fully saturated rings. The van der Waals surface area contributed by atoms with E-state index in [1.54, 1.807) is 56.7 Å². The van der Waals surface area contributed by atoms with Crippen LogP contribution in [0.25, 0.3) is 5.69 Å².